The van der Waals surface area contributed by atoms with E-state index >= 15 is 0 Å². The second-order valence-corrected chi connectivity index (χ2v) is 11.3. The van der Waals surface area contributed by atoms with Gasteiger partial charge < -0.3 is 34.3 Å². The van der Waals surface area contributed by atoms with Crippen molar-refractivity contribution in [2.75, 3.05) is 5.32 Å². The Morgan fingerprint density at radius 1 is 1.16 bits per heavy atom. The molecular weight excluding hydrogens is 605 g/mol. The van der Waals surface area contributed by atoms with Crippen LogP contribution < -0.4 is 20.1 Å². The highest BCUT2D eigenvalue weighted by molar-refractivity contribution is 7.46. The average Bonchev–Trinajstić information content (AvgIpc) is 3.57. The smallest absolute Gasteiger partial charge is 0.322 e. The number of halogens is 1. The first kappa shape index (κ1) is 30.4. The van der Waals surface area contributed by atoms with E-state index in [0.29, 0.717) is 22.1 Å². The first-order chi connectivity index (χ1) is 20.6. The third kappa shape index (κ3) is 7.66. The quantitative estimate of drug-likeness (QED) is 0.233. The maximum Gasteiger partial charge on any atom is 0.322 e. The number of nitrogens with zero attached hydrogens (tertiary/aromatic N) is 3. The molecule has 5 rings (SSSR count). The summed E-state index contributed by atoms with van der Waals surface area (Å²) in [6, 6.07) is 14.1. The molecule has 2 N–H and O–H groups in total. The minimum Gasteiger partial charge on any atom is -0.746 e. The van der Waals surface area contributed by atoms with E-state index in [2.05, 4.69) is 20.6 Å². The van der Waals surface area contributed by atoms with Crippen molar-refractivity contribution in [2.24, 2.45) is 4.99 Å². The lowest BCUT2D eigenvalue weighted by Gasteiger charge is -2.28. The zero-order valence-electron chi connectivity index (χ0n) is 22.6. The second kappa shape index (κ2) is 13.1. The second-order valence-electron chi connectivity index (χ2n) is 9.57. The highest BCUT2D eigenvalue weighted by atomic mass is 35.5. The standard InChI is InChI=1S/C27H27ClN5O9P/c1-16(34)7-12-22(35)39-20-13-21(40-27(20)42-43(37,38)41-19-10-8-18(28)9-11-19)33-15-31-23-24(29-14-30-25(23)33)32-26(36)17-5-3-2-4-6-17/h2-6,8-11,14-15,20-21,24,27H,7,12-13H2,1H3,(H,29,30)(H,32,36)(H,37,38)/p-1/t20-,21+,24+,27+/m0/s1. The molecule has 1 fully saturated rings. The van der Waals surface area contributed by atoms with E-state index in [0.717, 1.165) is 0 Å². The van der Waals surface area contributed by atoms with Gasteiger partial charge in [-0.25, -0.2) is 9.98 Å². The lowest BCUT2D eigenvalue weighted by atomic mass is 10.2. The number of esters is 1. The van der Waals surface area contributed by atoms with E-state index in [9.17, 15) is 23.8 Å². The number of phosphoric acid groups is 1. The number of imidazole rings is 1. The van der Waals surface area contributed by atoms with Crippen LogP contribution in [0.25, 0.3) is 0 Å². The topological polar surface area (TPSA) is 182 Å². The molecule has 0 spiro atoms. The van der Waals surface area contributed by atoms with E-state index in [1.165, 1.54) is 48.4 Å². The van der Waals surface area contributed by atoms with Crippen LogP contribution in [0.3, 0.4) is 0 Å². The Morgan fingerprint density at radius 3 is 2.63 bits per heavy atom. The minimum absolute atomic E-state index is 0.0416. The molecule has 0 bridgehead atoms. The predicted molar refractivity (Wildman–Crippen MR) is 150 cm³/mol. The monoisotopic (exact) mass is 630 g/mol. The van der Waals surface area contributed by atoms with Crippen LogP contribution in [0.1, 0.15) is 54.6 Å². The van der Waals surface area contributed by atoms with Gasteiger partial charge in [-0.2, -0.15) is 0 Å². The molecule has 43 heavy (non-hydrogen) atoms. The molecule has 0 aliphatic carbocycles. The predicted octanol–water partition coefficient (Wildman–Crippen LogP) is 3.51. The van der Waals surface area contributed by atoms with E-state index in [-0.39, 0.29) is 36.7 Å². The molecule has 0 radical (unpaired) electrons. The fourth-order valence-electron chi connectivity index (χ4n) is 4.35. The number of carbonyl (C=O) groups is 3. The van der Waals surface area contributed by atoms with Gasteiger partial charge in [0, 0.05) is 23.4 Å². The summed E-state index contributed by atoms with van der Waals surface area (Å²) >= 11 is 5.85. The van der Waals surface area contributed by atoms with Crippen LogP contribution in [0.2, 0.25) is 5.02 Å². The molecule has 5 atom stereocenters. The highest BCUT2D eigenvalue weighted by Gasteiger charge is 2.43. The zero-order chi connectivity index (χ0) is 30.6. The third-order valence-corrected chi connectivity index (χ3v) is 7.53. The molecule has 1 unspecified atom stereocenters. The number of anilines is 1. The normalized spacial score (nSPS) is 22.1. The van der Waals surface area contributed by atoms with Crippen molar-refractivity contribution >= 4 is 49.2 Å². The summed E-state index contributed by atoms with van der Waals surface area (Å²) in [4.78, 5) is 57.9. The van der Waals surface area contributed by atoms with Crippen LogP contribution in [-0.2, 0) is 28.2 Å². The number of nitrogens with one attached hydrogen (secondary N) is 2. The molecule has 1 aromatic heterocycles. The zero-order valence-corrected chi connectivity index (χ0v) is 24.3. The van der Waals surface area contributed by atoms with Crippen LogP contribution in [0.15, 0.2) is 65.9 Å². The van der Waals surface area contributed by atoms with E-state index in [1.807, 2.05) is 0 Å². The summed E-state index contributed by atoms with van der Waals surface area (Å²) in [5.74, 6) is -0.956. The largest absolute Gasteiger partial charge is 0.746 e. The number of fused-ring (bicyclic) bond motifs is 1. The summed E-state index contributed by atoms with van der Waals surface area (Å²) in [5.41, 5.74) is 0.809. The Labute approximate surface area is 250 Å². The van der Waals surface area contributed by atoms with Crippen molar-refractivity contribution in [1.82, 2.24) is 14.9 Å². The average molecular weight is 631 g/mol. The molecule has 226 valence electrons. The van der Waals surface area contributed by atoms with Crippen molar-refractivity contribution in [3.05, 3.63) is 77.2 Å². The molecule has 3 heterocycles. The first-order valence-corrected chi connectivity index (χ1v) is 14.9. The number of rotatable bonds is 11. The minimum atomic E-state index is -5.04. The Hall–Kier alpha value is -4.07. The molecule has 1 saturated heterocycles. The Balaban J connectivity index is 1.33. The highest BCUT2D eigenvalue weighted by Crippen LogP contribution is 2.46. The maximum atomic E-state index is 12.8. The van der Waals surface area contributed by atoms with E-state index < -0.39 is 38.6 Å². The van der Waals surface area contributed by atoms with Gasteiger partial charge in [-0.3, -0.25) is 23.2 Å². The van der Waals surface area contributed by atoms with Crippen molar-refractivity contribution < 1.29 is 42.4 Å². The summed E-state index contributed by atoms with van der Waals surface area (Å²) in [5, 5.41) is 6.13. The van der Waals surface area contributed by atoms with Gasteiger partial charge in [0.05, 0.1) is 19.1 Å². The number of aromatic nitrogens is 2. The summed E-state index contributed by atoms with van der Waals surface area (Å²) < 4.78 is 35.9. The van der Waals surface area contributed by atoms with Gasteiger partial charge in [-0.15, -0.1) is 0 Å². The van der Waals surface area contributed by atoms with Gasteiger partial charge in [-0.05, 0) is 43.3 Å². The van der Waals surface area contributed by atoms with Gasteiger partial charge in [0.25, 0.3) is 5.91 Å². The van der Waals surface area contributed by atoms with Crippen LogP contribution in [0.4, 0.5) is 5.82 Å². The molecule has 1 amide bonds. The molecule has 2 aromatic carbocycles. The van der Waals surface area contributed by atoms with E-state index in [4.69, 9.17) is 30.1 Å². The lowest BCUT2D eigenvalue weighted by molar-refractivity contribution is -0.244. The van der Waals surface area contributed by atoms with Gasteiger partial charge >= 0.3 is 13.8 Å². The van der Waals surface area contributed by atoms with Crippen molar-refractivity contribution in [1.29, 1.82) is 0 Å². The number of amides is 1. The third-order valence-electron chi connectivity index (χ3n) is 6.38. The number of hydrogen-bond acceptors (Lipinski definition) is 12. The summed E-state index contributed by atoms with van der Waals surface area (Å²) in [6.07, 6.45) is -2.03. The Bertz CT molecular complexity index is 1570. The van der Waals surface area contributed by atoms with Crippen LogP contribution >= 0.6 is 19.4 Å². The Kier molecular flexibility index (Phi) is 9.23. The maximum absolute atomic E-state index is 12.8. The van der Waals surface area contributed by atoms with Crippen LogP contribution in [0.5, 0.6) is 5.75 Å². The number of phosphoric ester groups is 1. The molecule has 2 aliphatic rings. The first-order valence-electron chi connectivity index (χ1n) is 13.1. The molecule has 0 saturated carbocycles. The van der Waals surface area contributed by atoms with Gasteiger partial charge in [-0.1, -0.05) is 29.8 Å². The lowest BCUT2D eigenvalue weighted by Crippen LogP contribution is -2.31. The van der Waals surface area contributed by atoms with Crippen molar-refractivity contribution in [2.45, 2.75) is 51.0 Å². The number of aliphatic imine (C=N–C) groups is 1. The van der Waals surface area contributed by atoms with Crippen molar-refractivity contribution in [3.8, 4) is 5.75 Å². The molecule has 16 heteroatoms. The number of ketones is 1. The number of carbonyl (C=O) groups excluding carboxylic acids is 3. The van der Waals surface area contributed by atoms with Gasteiger partial charge in [0.1, 0.15) is 29.3 Å². The number of hydrogen-bond donors (Lipinski definition) is 2. The Morgan fingerprint density at radius 2 is 1.91 bits per heavy atom. The fraction of sp³-hybridized carbons (Fsp3) is 0.296. The van der Waals surface area contributed by atoms with E-state index in [1.54, 1.807) is 30.3 Å². The number of Topliss-reactive ketones (excluding diaryl/α,β-unsaturated/α-hetero) is 1. The number of benzene rings is 2. The number of ether oxygens (including phenoxy) is 2. The summed E-state index contributed by atoms with van der Waals surface area (Å²) in [6.45, 7) is 1.34. The molecule has 14 nitrogen and oxygen atoms in total. The van der Waals surface area contributed by atoms with Gasteiger partial charge in [0.2, 0.25) is 6.29 Å². The SMILES string of the molecule is CC(=O)CCC(=O)O[C@H]1C[C@H](n2cnc3c2NC=N[C@@H]3NC(=O)c2ccccc2)O[C@@H]1OP(=O)([O-])Oc1ccc(Cl)cc1. The van der Waals surface area contributed by atoms with Crippen molar-refractivity contribution in [3.63, 3.8) is 0 Å². The molecule has 3 aromatic rings. The molecular formula is C27H26ClN5O9P-. The molecule has 2 aliphatic heterocycles. The van der Waals surface area contributed by atoms with Crippen LogP contribution in [-0.4, -0.2) is 45.9 Å². The van der Waals surface area contributed by atoms with Crippen LogP contribution in [0, 0.1) is 0 Å². The van der Waals surface area contributed by atoms with Gasteiger partial charge in [0.15, 0.2) is 12.3 Å². The fourth-order valence-corrected chi connectivity index (χ4v) is 5.34. The summed E-state index contributed by atoms with van der Waals surface area (Å²) in [7, 11) is -5.04.